The van der Waals surface area contributed by atoms with Crippen molar-refractivity contribution in [1.29, 1.82) is 0 Å². The van der Waals surface area contributed by atoms with Gasteiger partial charge in [0.15, 0.2) is 0 Å². The Labute approximate surface area is 152 Å². The van der Waals surface area contributed by atoms with Crippen molar-refractivity contribution in [1.82, 2.24) is 10.2 Å². The number of benzene rings is 1. The minimum Gasteiger partial charge on any atom is -0.489 e. The summed E-state index contributed by atoms with van der Waals surface area (Å²) < 4.78 is 11.0. The van der Waals surface area contributed by atoms with E-state index >= 15 is 0 Å². The normalized spacial score (nSPS) is 21.8. The Morgan fingerprint density at radius 2 is 2.12 bits per heavy atom. The lowest BCUT2D eigenvalue weighted by Crippen LogP contribution is -2.01. The maximum atomic E-state index is 5.86. The molecule has 0 aliphatic heterocycles. The van der Waals surface area contributed by atoms with E-state index in [1.54, 1.807) is 0 Å². The van der Waals surface area contributed by atoms with Gasteiger partial charge in [0.1, 0.15) is 18.9 Å². The summed E-state index contributed by atoms with van der Waals surface area (Å²) in [6, 6.07) is 8.49. The highest BCUT2D eigenvalue weighted by Gasteiger charge is 2.36. The molecule has 134 valence electrons. The van der Waals surface area contributed by atoms with Crippen LogP contribution in [0.15, 0.2) is 57.5 Å². The number of anilines is 1. The molecule has 6 heteroatoms. The summed E-state index contributed by atoms with van der Waals surface area (Å²) in [5.41, 5.74) is 7.97. The minimum atomic E-state index is 0.0811. The zero-order valence-electron chi connectivity index (χ0n) is 14.5. The molecular weight excluding hydrogens is 328 g/mol. The van der Waals surface area contributed by atoms with Crippen LogP contribution in [0, 0.1) is 5.92 Å². The van der Waals surface area contributed by atoms with Crippen LogP contribution in [0.3, 0.4) is 0 Å². The van der Waals surface area contributed by atoms with E-state index in [0.717, 1.165) is 25.0 Å². The van der Waals surface area contributed by atoms with Crippen LogP contribution < -0.4 is 10.5 Å². The molecule has 6 nitrogen and oxygen atoms in total. The Kier molecular flexibility index (Phi) is 4.82. The zero-order chi connectivity index (χ0) is 17.8. The summed E-state index contributed by atoms with van der Waals surface area (Å²) in [7, 11) is 0. The Hall–Kier alpha value is -2.89. The summed E-state index contributed by atoms with van der Waals surface area (Å²) >= 11 is 0. The maximum absolute atomic E-state index is 5.86. The molecule has 0 spiro atoms. The van der Waals surface area contributed by atoms with Gasteiger partial charge in [0.2, 0.25) is 5.89 Å². The summed E-state index contributed by atoms with van der Waals surface area (Å²) in [6.07, 6.45) is 11.9. The second kappa shape index (κ2) is 7.56. The molecule has 2 N–H and O–H groups in total. The van der Waals surface area contributed by atoms with Crippen LogP contribution >= 0.6 is 0 Å². The van der Waals surface area contributed by atoms with Gasteiger partial charge < -0.3 is 14.9 Å². The number of nitrogen functional groups attached to an aromatic ring is 1. The van der Waals surface area contributed by atoms with Gasteiger partial charge in [0.25, 0.3) is 0 Å². The van der Waals surface area contributed by atoms with E-state index in [9.17, 15) is 0 Å². The Morgan fingerprint density at radius 3 is 2.85 bits per heavy atom. The van der Waals surface area contributed by atoms with Crippen LogP contribution in [0.4, 0.5) is 6.01 Å². The SMILES string of the molecule is Nc1nnc(CN=CC2C[C@H]2c2ccc(OCC3=CCCC=C3)cc2)o1. The van der Waals surface area contributed by atoms with Crippen LogP contribution in [-0.2, 0) is 6.54 Å². The van der Waals surface area contributed by atoms with Crippen LogP contribution in [-0.4, -0.2) is 23.0 Å². The second-order valence-corrected chi connectivity index (χ2v) is 6.65. The van der Waals surface area contributed by atoms with Gasteiger partial charge in [-0.15, -0.1) is 5.10 Å². The van der Waals surface area contributed by atoms with Gasteiger partial charge in [-0.1, -0.05) is 35.5 Å². The van der Waals surface area contributed by atoms with Gasteiger partial charge in [-0.2, -0.15) is 0 Å². The smallest absolute Gasteiger partial charge is 0.312 e. The first-order valence-corrected chi connectivity index (χ1v) is 8.94. The fraction of sp³-hybridized carbons (Fsp3) is 0.350. The molecule has 26 heavy (non-hydrogen) atoms. The lowest BCUT2D eigenvalue weighted by molar-refractivity contribution is 0.354. The van der Waals surface area contributed by atoms with Crippen LogP contribution in [0.1, 0.15) is 36.6 Å². The molecule has 1 aromatic heterocycles. The standard InChI is InChI=1S/C20H22N4O2/c21-20-24-23-19(26-20)12-22-11-16-10-18(16)15-6-8-17(9-7-15)25-13-14-4-2-1-3-5-14/h2,4-9,11,16,18H,1,3,10,12-13H2,(H2,21,24)/t16?,18-/m0/s1. The largest absolute Gasteiger partial charge is 0.489 e. The van der Waals surface area contributed by atoms with E-state index in [1.165, 1.54) is 11.1 Å². The number of allylic oxidation sites excluding steroid dienone is 2. The van der Waals surface area contributed by atoms with Gasteiger partial charge in [0.05, 0.1) is 0 Å². The Morgan fingerprint density at radius 1 is 1.23 bits per heavy atom. The number of nitrogens with two attached hydrogens (primary N) is 1. The van der Waals surface area contributed by atoms with Crippen LogP contribution in [0.2, 0.25) is 0 Å². The molecule has 0 saturated heterocycles. The molecule has 0 amide bonds. The van der Waals surface area contributed by atoms with Gasteiger partial charge in [-0.05, 0) is 48.4 Å². The first kappa shape index (κ1) is 16.6. The molecule has 0 radical (unpaired) electrons. The molecule has 2 aliphatic rings. The predicted octanol–water partition coefficient (Wildman–Crippen LogP) is 3.68. The lowest BCUT2D eigenvalue weighted by Gasteiger charge is -2.10. The number of aromatic nitrogens is 2. The van der Waals surface area contributed by atoms with Crippen LogP contribution in [0.25, 0.3) is 0 Å². The number of ether oxygens (including phenoxy) is 1. The minimum absolute atomic E-state index is 0.0811. The molecule has 1 aromatic carbocycles. The fourth-order valence-corrected chi connectivity index (χ4v) is 3.11. The highest BCUT2D eigenvalue weighted by Crippen LogP contribution is 2.46. The number of hydrogen-bond donors (Lipinski definition) is 1. The molecule has 2 atom stereocenters. The molecule has 1 heterocycles. The highest BCUT2D eigenvalue weighted by atomic mass is 16.5. The van der Waals surface area contributed by atoms with Gasteiger partial charge in [-0.25, -0.2) is 0 Å². The highest BCUT2D eigenvalue weighted by molar-refractivity contribution is 5.67. The van der Waals surface area contributed by atoms with E-state index in [2.05, 4.69) is 57.7 Å². The molecule has 2 aromatic rings. The van der Waals surface area contributed by atoms with Gasteiger partial charge in [-0.3, -0.25) is 4.99 Å². The van der Waals surface area contributed by atoms with E-state index < -0.39 is 0 Å². The third kappa shape index (κ3) is 4.20. The van der Waals surface area contributed by atoms with Gasteiger partial charge >= 0.3 is 6.01 Å². The number of aliphatic imine (C=N–C) groups is 1. The molecule has 1 unspecified atom stereocenters. The molecule has 1 saturated carbocycles. The topological polar surface area (TPSA) is 86.5 Å². The molecule has 0 bridgehead atoms. The average molecular weight is 350 g/mol. The zero-order valence-corrected chi connectivity index (χ0v) is 14.5. The van der Waals surface area contributed by atoms with Crippen molar-refractivity contribution in [2.24, 2.45) is 10.9 Å². The van der Waals surface area contributed by atoms with Crippen LogP contribution in [0.5, 0.6) is 5.75 Å². The Balaban J connectivity index is 1.25. The van der Waals surface area contributed by atoms with Crippen molar-refractivity contribution in [3.05, 3.63) is 59.5 Å². The molecule has 4 rings (SSSR count). The Bertz CT molecular complexity index is 836. The number of nitrogens with zero attached hydrogens (tertiary/aromatic N) is 3. The third-order valence-electron chi connectivity index (χ3n) is 4.63. The summed E-state index contributed by atoms with van der Waals surface area (Å²) in [5, 5.41) is 7.41. The summed E-state index contributed by atoms with van der Waals surface area (Å²) in [6.45, 7) is 1.01. The lowest BCUT2D eigenvalue weighted by atomic mass is 10.1. The van der Waals surface area contributed by atoms with Crippen molar-refractivity contribution < 1.29 is 9.15 Å². The maximum Gasteiger partial charge on any atom is 0.312 e. The summed E-state index contributed by atoms with van der Waals surface area (Å²) in [4.78, 5) is 4.38. The second-order valence-electron chi connectivity index (χ2n) is 6.65. The van der Waals surface area contributed by atoms with Crippen molar-refractivity contribution in [2.75, 3.05) is 12.3 Å². The van der Waals surface area contributed by atoms with Crippen molar-refractivity contribution >= 4 is 12.2 Å². The monoisotopic (exact) mass is 350 g/mol. The number of rotatable bonds is 7. The van der Waals surface area contributed by atoms with Crippen molar-refractivity contribution in [2.45, 2.75) is 31.7 Å². The molecule has 1 fully saturated rings. The van der Waals surface area contributed by atoms with E-state index in [1.807, 2.05) is 6.21 Å². The fourth-order valence-electron chi connectivity index (χ4n) is 3.11. The van der Waals surface area contributed by atoms with E-state index in [0.29, 0.717) is 30.9 Å². The third-order valence-corrected chi connectivity index (χ3v) is 4.63. The summed E-state index contributed by atoms with van der Waals surface area (Å²) in [5.74, 6) is 2.36. The van der Waals surface area contributed by atoms with E-state index in [4.69, 9.17) is 14.9 Å². The first-order valence-electron chi connectivity index (χ1n) is 8.94. The molecular formula is C20H22N4O2. The van der Waals surface area contributed by atoms with E-state index in [-0.39, 0.29) is 6.01 Å². The number of hydrogen-bond acceptors (Lipinski definition) is 6. The van der Waals surface area contributed by atoms with Crippen molar-refractivity contribution in [3.63, 3.8) is 0 Å². The average Bonchev–Trinajstić information content (AvgIpc) is 3.33. The first-order chi connectivity index (χ1) is 12.8. The quantitative estimate of drug-likeness (QED) is 0.770. The van der Waals surface area contributed by atoms with Crippen molar-refractivity contribution in [3.8, 4) is 5.75 Å². The molecule has 2 aliphatic carbocycles. The van der Waals surface area contributed by atoms with Gasteiger partial charge in [0, 0.05) is 12.1 Å². The predicted molar refractivity (Wildman–Crippen MR) is 100 cm³/mol.